The number of carbonyl (C=O) groups is 2. The molecule has 0 radical (unpaired) electrons. The third-order valence-corrected chi connectivity index (χ3v) is 5.40. The molecular weight excluding hydrogens is 266 g/mol. The van der Waals surface area contributed by atoms with Crippen LogP contribution in [0.3, 0.4) is 0 Å². The van der Waals surface area contributed by atoms with Gasteiger partial charge in [0.2, 0.25) is 11.8 Å². The van der Waals surface area contributed by atoms with Crippen molar-refractivity contribution in [2.45, 2.75) is 45.1 Å². The predicted molar refractivity (Wildman–Crippen MR) is 80.8 cm³/mol. The van der Waals surface area contributed by atoms with E-state index in [1.807, 2.05) is 4.90 Å². The molecule has 0 aromatic carbocycles. The fourth-order valence-electron chi connectivity index (χ4n) is 3.88. The van der Waals surface area contributed by atoms with E-state index in [2.05, 4.69) is 9.80 Å². The van der Waals surface area contributed by atoms with Crippen LogP contribution in [0.15, 0.2) is 0 Å². The number of nitrogens with zero attached hydrogens (tertiary/aromatic N) is 3. The molecule has 118 valence electrons. The summed E-state index contributed by atoms with van der Waals surface area (Å²) in [6.07, 6.45) is 5.93. The Morgan fingerprint density at radius 2 is 1.48 bits per heavy atom. The number of rotatable bonds is 2. The number of hydrogen-bond donors (Lipinski definition) is 0. The van der Waals surface area contributed by atoms with Crippen molar-refractivity contribution < 1.29 is 9.59 Å². The Morgan fingerprint density at radius 1 is 0.857 bits per heavy atom. The maximum atomic E-state index is 12.4. The summed E-state index contributed by atoms with van der Waals surface area (Å²) in [6.45, 7) is 7.02. The van der Waals surface area contributed by atoms with Gasteiger partial charge in [0.15, 0.2) is 0 Å². The summed E-state index contributed by atoms with van der Waals surface area (Å²) in [5, 5.41) is 0. The molecule has 3 rings (SSSR count). The fraction of sp³-hybridized carbons (Fsp3) is 0.875. The summed E-state index contributed by atoms with van der Waals surface area (Å²) in [7, 11) is 0. The molecule has 1 aliphatic carbocycles. The van der Waals surface area contributed by atoms with Gasteiger partial charge in [-0.3, -0.25) is 14.5 Å². The smallest absolute Gasteiger partial charge is 0.225 e. The molecule has 5 nitrogen and oxygen atoms in total. The molecule has 0 bridgehead atoms. The molecule has 21 heavy (non-hydrogen) atoms. The highest BCUT2D eigenvalue weighted by Crippen LogP contribution is 2.28. The minimum atomic E-state index is 0.178. The van der Waals surface area contributed by atoms with Crippen LogP contribution in [0.4, 0.5) is 0 Å². The quantitative estimate of drug-likeness (QED) is 0.761. The number of amides is 2. The van der Waals surface area contributed by atoms with Crippen molar-refractivity contribution in [3.63, 3.8) is 0 Å². The third kappa shape index (κ3) is 3.23. The van der Waals surface area contributed by atoms with Gasteiger partial charge in [-0.05, 0) is 12.8 Å². The summed E-state index contributed by atoms with van der Waals surface area (Å²) in [6, 6.07) is 0.520. The van der Waals surface area contributed by atoms with E-state index in [-0.39, 0.29) is 5.91 Å². The minimum Gasteiger partial charge on any atom is -0.340 e. The summed E-state index contributed by atoms with van der Waals surface area (Å²) in [5.41, 5.74) is 0. The summed E-state index contributed by atoms with van der Waals surface area (Å²) in [4.78, 5) is 30.2. The van der Waals surface area contributed by atoms with Crippen molar-refractivity contribution in [1.82, 2.24) is 14.7 Å². The zero-order valence-electron chi connectivity index (χ0n) is 13.1. The van der Waals surface area contributed by atoms with Gasteiger partial charge in [0.1, 0.15) is 0 Å². The number of piperazine rings is 1. The molecule has 0 aromatic heterocycles. The molecule has 1 saturated carbocycles. The van der Waals surface area contributed by atoms with Crippen LogP contribution in [0, 0.1) is 5.92 Å². The second-order valence-corrected chi connectivity index (χ2v) is 6.77. The molecule has 2 heterocycles. The van der Waals surface area contributed by atoms with Crippen molar-refractivity contribution in [3.05, 3.63) is 0 Å². The maximum Gasteiger partial charge on any atom is 0.225 e. The van der Waals surface area contributed by atoms with Gasteiger partial charge in [-0.2, -0.15) is 0 Å². The second-order valence-electron chi connectivity index (χ2n) is 6.77. The van der Waals surface area contributed by atoms with E-state index < -0.39 is 0 Å². The van der Waals surface area contributed by atoms with Gasteiger partial charge in [-0.1, -0.05) is 19.3 Å². The van der Waals surface area contributed by atoms with E-state index >= 15 is 0 Å². The predicted octanol–water partition coefficient (Wildman–Crippen LogP) is 0.942. The molecular formula is C16H27N3O2. The highest BCUT2D eigenvalue weighted by molar-refractivity contribution is 5.79. The summed E-state index contributed by atoms with van der Waals surface area (Å²) >= 11 is 0. The molecule has 0 N–H and O–H groups in total. The molecule has 2 saturated heterocycles. The molecule has 2 amide bonds. The lowest BCUT2D eigenvalue weighted by Gasteiger charge is -2.49. The van der Waals surface area contributed by atoms with Crippen molar-refractivity contribution in [3.8, 4) is 0 Å². The number of carbonyl (C=O) groups excluding carboxylic acids is 2. The Balaban J connectivity index is 1.41. The lowest BCUT2D eigenvalue weighted by Crippen LogP contribution is -2.65. The Kier molecular flexibility index (Phi) is 4.48. The first-order valence-electron chi connectivity index (χ1n) is 8.43. The summed E-state index contributed by atoms with van der Waals surface area (Å²) < 4.78 is 0. The van der Waals surface area contributed by atoms with E-state index in [0.29, 0.717) is 17.9 Å². The minimum absolute atomic E-state index is 0.178. The zero-order chi connectivity index (χ0) is 14.8. The number of likely N-dealkylation sites (tertiary alicyclic amines) is 1. The van der Waals surface area contributed by atoms with Crippen molar-refractivity contribution in [1.29, 1.82) is 0 Å². The Bertz CT molecular complexity index is 392. The van der Waals surface area contributed by atoms with Gasteiger partial charge in [0.25, 0.3) is 0 Å². The SMILES string of the molecule is CC(=O)N1CCN(C2CN(C(=O)C3CCCCC3)C2)CC1. The van der Waals surface area contributed by atoms with Crippen LogP contribution < -0.4 is 0 Å². The number of hydrogen-bond acceptors (Lipinski definition) is 3. The first-order valence-corrected chi connectivity index (χ1v) is 8.43. The molecule has 3 fully saturated rings. The molecule has 5 heteroatoms. The van der Waals surface area contributed by atoms with Crippen LogP contribution in [0.1, 0.15) is 39.0 Å². The Labute approximate surface area is 127 Å². The third-order valence-electron chi connectivity index (χ3n) is 5.40. The lowest BCUT2D eigenvalue weighted by atomic mass is 9.87. The van der Waals surface area contributed by atoms with Gasteiger partial charge in [0, 0.05) is 58.2 Å². The van der Waals surface area contributed by atoms with Crippen LogP contribution in [-0.2, 0) is 9.59 Å². The summed E-state index contributed by atoms with van der Waals surface area (Å²) in [5.74, 6) is 0.875. The average Bonchev–Trinajstić information content (AvgIpc) is 2.47. The van der Waals surface area contributed by atoms with Crippen molar-refractivity contribution >= 4 is 11.8 Å². The first kappa shape index (κ1) is 14.8. The van der Waals surface area contributed by atoms with E-state index in [1.54, 1.807) is 6.92 Å². The van der Waals surface area contributed by atoms with Crippen LogP contribution in [0.5, 0.6) is 0 Å². The lowest BCUT2D eigenvalue weighted by molar-refractivity contribution is -0.145. The van der Waals surface area contributed by atoms with Gasteiger partial charge in [0.05, 0.1) is 0 Å². The highest BCUT2D eigenvalue weighted by atomic mass is 16.2. The van der Waals surface area contributed by atoms with E-state index in [0.717, 1.165) is 52.1 Å². The van der Waals surface area contributed by atoms with Crippen LogP contribution in [0.25, 0.3) is 0 Å². The maximum absolute atomic E-state index is 12.4. The molecule has 3 aliphatic rings. The molecule has 0 aromatic rings. The zero-order valence-corrected chi connectivity index (χ0v) is 13.1. The highest BCUT2D eigenvalue weighted by Gasteiger charge is 2.38. The average molecular weight is 293 g/mol. The molecule has 0 atom stereocenters. The first-order chi connectivity index (χ1) is 10.1. The second kappa shape index (κ2) is 6.34. The monoisotopic (exact) mass is 293 g/mol. The van der Waals surface area contributed by atoms with Gasteiger partial charge in [-0.25, -0.2) is 0 Å². The van der Waals surface area contributed by atoms with E-state index in [1.165, 1.54) is 19.3 Å². The Hall–Kier alpha value is -1.10. The Morgan fingerprint density at radius 3 is 2.05 bits per heavy atom. The van der Waals surface area contributed by atoms with Crippen molar-refractivity contribution in [2.75, 3.05) is 39.3 Å². The van der Waals surface area contributed by atoms with Crippen molar-refractivity contribution in [2.24, 2.45) is 5.92 Å². The fourth-order valence-corrected chi connectivity index (χ4v) is 3.88. The largest absolute Gasteiger partial charge is 0.340 e. The van der Waals surface area contributed by atoms with Crippen LogP contribution in [-0.4, -0.2) is 71.8 Å². The molecule has 0 spiro atoms. The molecule has 0 unspecified atom stereocenters. The van der Waals surface area contributed by atoms with Crippen LogP contribution >= 0.6 is 0 Å². The van der Waals surface area contributed by atoms with Gasteiger partial charge >= 0.3 is 0 Å². The normalized spacial score (nSPS) is 25.8. The topological polar surface area (TPSA) is 43.9 Å². The van der Waals surface area contributed by atoms with E-state index in [9.17, 15) is 9.59 Å². The van der Waals surface area contributed by atoms with Crippen LogP contribution in [0.2, 0.25) is 0 Å². The van der Waals surface area contributed by atoms with Gasteiger partial charge < -0.3 is 9.80 Å². The molecule has 2 aliphatic heterocycles. The van der Waals surface area contributed by atoms with Gasteiger partial charge in [-0.15, -0.1) is 0 Å². The van der Waals surface area contributed by atoms with E-state index in [4.69, 9.17) is 0 Å². The standard InChI is InChI=1S/C16H27N3O2/c1-13(20)17-7-9-18(10-8-17)15-11-19(12-15)16(21)14-5-3-2-4-6-14/h14-15H,2-12H2,1H3.